The Morgan fingerprint density at radius 2 is 1.95 bits per heavy atom. The van der Waals surface area contributed by atoms with E-state index in [0.29, 0.717) is 12.4 Å². The summed E-state index contributed by atoms with van der Waals surface area (Å²) in [6.45, 7) is 0.380. The van der Waals surface area contributed by atoms with Gasteiger partial charge in [-0.3, -0.25) is 4.98 Å². The zero-order valence-corrected chi connectivity index (χ0v) is 10.1. The Labute approximate surface area is 109 Å². The molecule has 0 spiro atoms. The van der Waals surface area contributed by atoms with Crippen LogP contribution in [0.15, 0.2) is 48.8 Å². The van der Waals surface area contributed by atoms with Crippen LogP contribution in [-0.4, -0.2) is 25.2 Å². The predicted molar refractivity (Wildman–Crippen MR) is 70.3 cm³/mol. The maximum Gasteiger partial charge on any atom is 0.205 e. The minimum Gasteiger partial charge on any atom is -0.326 e. The molecule has 1 aromatic carbocycles. The Hall–Kier alpha value is -2.60. The van der Waals surface area contributed by atoms with Gasteiger partial charge in [0.2, 0.25) is 5.82 Å². The number of pyridine rings is 1. The molecule has 6 heteroatoms. The van der Waals surface area contributed by atoms with Crippen LogP contribution >= 0.6 is 0 Å². The molecule has 19 heavy (non-hydrogen) atoms. The number of benzene rings is 1. The molecule has 0 aliphatic heterocycles. The standard InChI is InChI=1S/C13H12N6/c14-8-11-9-15-7-6-12(11)19-17-13(16-18-19)10-4-2-1-3-5-10/h1-7,9H,8,14H2. The summed E-state index contributed by atoms with van der Waals surface area (Å²) in [6, 6.07) is 11.5. The third kappa shape index (κ3) is 2.21. The molecule has 0 saturated carbocycles. The fourth-order valence-corrected chi connectivity index (χ4v) is 1.79. The summed E-state index contributed by atoms with van der Waals surface area (Å²) in [5, 5.41) is 12.5. The molecule has 2 N–H and O–H groups in total. The van der Waals surface area contributed by atoms with Gasteiger partial charge in [-0.15, -0.1) is 15.0 Å². The summed E-state index contributed by atoms with van der Waals surface area (Å²) >= 11 is 0. The lowest BCUT2D eigenvalue weighted by Gasteiger charge is -2.03. The molecule has 6 nitrogen and oxygen atoms in total. The summed E-state index contributed by atoms with van der Waals surface area (Å²) in [4.78, 5) is 5.52. The number of nitrogens with zero attached hydrogens (tertiary/aromatic N) is 5. The zero-order valence-electron chi connectivity index (χ0n) is 10.1. The van der Waals surface area contributed by atoms with Crippen LogP contribution in [-0.2, 0) is 6.54 Å². The number of hydrogen-bond acceptors (Lipinski definition) is 5. The van der Waals surface area contributed by atoms with E-state index in [4.69, 9.17) is 5.73 Å². The molecule has 0 unspecified atom stereocenters. The average molecular weight is 252 g/mol. The van der Waals surface area contributed by atoms with Gasteiger partial charge in [0.15, 0.2) is 0 Å². The van der Waals surface area contributed by atoms with Crippen LogP contribution < -0.4 is 5.73 Å². The molecular formula is C13H12N6. The smallest absolute Gasteiger partial charge is 0.205 e. The van der Waals surface area contributed by atoms with E-state index in [1.807, 2.05) is 36.4 Å². The Morgan fingerprint density at radius 3 is 2.74 bits per heavy atom. The summed E-state index contributed by atoms with van der Waals surface area (Å²) < 4.78 is 0. The van der Waals surface area contributed by atoms with E-state index < -0.39 is 0 Å². The lowest BCUT2D eigenvalue weighted by atomic mass is 10.2. The lowest BCUT2D eigenvalue weighted by molar-refractivity contribution is 0.709. The molecule has 0 aliphatic rings. The van der Waals surface area contributed by atoms with Crippen LogP contribution in [0.5, 0.6) is 0 Å². The minimum atomic E-state index is 0.380. The number of tetrazole rings is 1. The van der Waals surface area contributed by atoms with Crippen molar-refractivity contribution in [2.24, 2.45) is 5.73 Å². The predicted octanol–water partition coefficient (Wildman–Crippen LogP) is 1.18. The molecule has 3 rings (SSSR count). The molecule has 0 amide bonds. The first-order chi connectivity index (χ1) is 9.38. The zero-order chi connectivity index (χ0) is 13.1. The number of nitrogens with two attached hydrogens (primary N) is 1. The van der Waals surface area contributed by atoms with Crippen LogP contribution in [0.4, 0.5) is 0 Å². The second-order valence-corrected chi connectivity index (χ2v) is 3.98. The third-order valence-corrected chi connectivity index (χ3v) is 2.76. The summed E-state index contributed by atoms with van der Waals surface area (Å²) in [5.74, 6) is 0.584. The van der Waals surface area contributed by atoms with Gasteiger partial charge in [0, 0.05) is 30.1 Å². The largest absolute Gasteiger partial charge is 0.326 e. The number of rotatable bonds is 3. The molecular weight excluding hydrogens is 240 g/mol. The van der Waals surface area contributed by atoms with Gasteiger partial charge in [-0.1, -0.05) is 30.3 Å². The molecule has 0 bridgehead atoms. The Morgan fingerprint density at radius 1 is 1.11 bits per heavy atom. The highest BCUT2D eigenvalue weighted by molar-refractivity contribution is 5.53. The van der Waals surface area contributed by atoms with Crippen LogP contribution in [0.3, 0.4) is 0 Å². The minimum absolute atomic E-state index is 0.380. The van der Waals surface area contributed by atoms with Gasteiger partial charge in [0.05, 0.1) is 5.69 Å². The van der Waals surface area contributed by atoms with Gasteiger partial charge in [-0.25, -0.2) is 0 Å². The van der Waals surface area contributed by atoms with Crippen LogP contribution in [0.1, 0.15) is 5.56 Å². The van der Waals surface area contributed by atoms with Crippen LogP contribution in [0.25, 0.3) is 17.1 Å². The molecule has 0 aliphatic carbocycles. The topological polar surface area (TPSA) is 82.5 Å². The quantitative estimate of drug-likeness (QED) is 0.757. The highest BCUT2D eigenvalue weighted by atomic mass is 15.6. The van der Waals surface area contributed by atoms with E-state index in [-0.39, 0.29) is 0 Å². The van der Waals surface area contributed by atoms with Crippen molar-refractivity contribution >= 4 is 0 Å². The van der Waals surface area contributed by atoms with Gasteiger partial charge in [0.1, 0.15) is 0 Å². The number of aromatic nitrogens is 5. The molecule has 0 atom stereocenters. The fourth-order valence-electron chi connectivity index (χ4n) is 1.79. The van der Waals surface area contributed by atoms with Gasteiger partial charge >= 0.3 is 0 Å². The Kier molecular flexibility index (Phi) is 2.99. The maximum atomic E-state index is 5.68. The van der Waals surface area contributed by atoms with E-state index in [0.717, 1.165) is 16.8 Å². The first-order valence-corrected chi connectivity index (χ1v) is 5.87. The van der Waals surface area contributed by atoms with Gasteiger partial charge < -0.3 is 5.73 Å². The monoisotopic (exact) mass is 252 g/mol. The summed E-state index contributed by atoms with van der Waals surface area (Å²) in [6.07, 6.45) is 3.39. The fraction of sp³-hybridized carbons (Fsp3) is 0.0769. The lowest BCUT2D eigenvalue weighted by Crippen LogP contribution is -2.07. The maximum absolute atomic E-state index is 5.68. The van der Waals surface area contributed by atoms with Crippen molar-refractivity contribution in [3.8, 4) is 17.1 Å². The third-order valence-electron chi connectivity index (χ3n) is 2.76. The van der Waals surface area contributed by atoms with Gasteiger partial charge in [-0.2, -0.15) is 0 Å². The van der Waals surface area contributed by atoms with E-state index in [1.165, 1.54) is 4.80 Å². The normalized spacial score (nSPS) is 10.6. The highest BCUT2D eigenvalue weighted by Gasteiger charge is 2.09. The second-order valence-electron chi connectivity index (χ2n) is 3.98. The average Bonchev–Trinajstić information content (AvgIpc) is 2.98. The Bertz CT molecular complexity index is 676. The van der Waals surface area contributed by atoms with E-state index >= 15 is 0 Å². The van der Waals surface area contributed by atoms with Crippen molar-refractivity contribution in [1.82, 2.24) is 25.2 Å². The second kappa shape index (κ2) is 4.95. The summed E-state index contributed by atoms with van der Waals surface area (Å²) in [7, 11) is 0. The van der Waals surface area contributed by atoms with Crippen molar-refractivity contribution < 1.29 is 0 Å². The van der Waals surface area contributed by atoms with Crippen molar-refractivity contribution in [2.75, 3.05) is 0 Å². The molecule has 0 radical (unpaired) electrons. The van der Waals surface area contributed by atoms with Crippen molar-refractivity contribution in [3.05, 3.63) is 54.4 Å². The first kappa shape index (κ1) is 11.5. The number of hydrogen-bond donors (Lipinski definition) is 1. The van der Waals surface area contributed by atoms with Gasteiger partial charge in [0.25, 0.3) is 0 Å². The van der Waals surface area contributed by atoms with Crippen LogP contribution in [0.2, 0.25) is 0 Å². The van der Waals surface area contributed by atoms with Crippen molar-refractivity contribution in [1.29, 1.82) is 0 Å². The molecule has 0 fully saturated rings. The first-order valence-electron chi connectivity index (χ1n) is 5.87. The molecule has 2 heterocycles. The van der Waals surface area contributed by atoms with Crippen molar-refractivity contribution in [3.63, 3.8) is 0 Å². The molecule has 2 aromatic heterocycles. The van der Waals surface area contributed by atoms with Crippen molar-refractivity contribution in [2.45, 2.75) is 6.54 Å². The Balaban J connectivity index is 2.02. The molecule has 0 saturated heterocycles. The SMILES string of the molecule is NCc1cnccc1-n1nnc(-c2ccccc2)n1. The van der Waals surface area contributed by atoms with Crippen LogP contribution in [0, 0.1) is 0 Å². The molecule has 94 valence electrons. The summed E-state index contributed by atoms with van der Waals surface area (Å²) in [5.41, 5.74) is 8.28. The van der Waals surface area contributed by atoms with E-state index in [1.54, 1.807) is 12.4 Å². The van der Waals surface area contributed by atoms with Gasteiger partial charge in [-0.05, 0) is 11.3 Å². The molecule has 3 aromatic rings. The highest BCUT2D eigenvalue weighted by Crippen LogP contribution is 2.15. The van der Waals surface area contributed by atoms with E-state index in [9.17, 15) is 0 Å². The van der Waals surface area contributed by atoms with E-state index in [2.05, 4.69) is 20.4 Å².